The Labute approximate surface area is 131 Å². The molecule has 1 fully saturated rings. The van der Waals surface area contributed by atoms with Gasteiger partial charge in [0.2, 0.25) is 5.91 Å². The van der Waals surface area contributed by atoms with Crippen molar-refractivity contribution in [2.24, 2.45) is 7.05 Å². The third-order valence-corrected chi connectivity index (χ3v) is 4.39. The highest BCUT2D eigenvalue weighted by Crippen LogP contribution is 2.24. The van der Waals surface area contributed by atoms with E-state index in [0.29, 0.717) is 13.0 Å². The van der Waals surface area contributed by atoms with Gasteiger partial charge in [-0.1, -0.05) is 18.2 Å². The van der Waals surface area contributed by atoms with Gasteiger partial charge >= 0.3 is 0 Å². The number of fused-ring (bicyclic) bond motifs is 1. The van der Waals surface area contributed by atoms with Crippen molar-refractivity contribution in [3.05, 3.63) is 36.0 Å². The first-order valence-electron chi connectivity index (χ1n) is 7.91. The molecule has 3 rings (SSSR count). The number of para-hydroxylation sites is 1. The number of benzene rings is 1. The fourth-order valence-electron chi connectivity index (χ4n) is 3.37. The Morgan fingerprint density at radius 2 is 2.18 bits per heavy atom. The summed E-state index contributed by atoms with van der Waals surface area (Å²) >= 11 is 0. The second-order valence-corrected chi connectivity index (χ2v) is 6.82. The van der Waals surface area contributed by atoms with Gasteiger partial charge in [-0.15, -0.1) is 0 Å². The monoisotopic (exact) mass is 300 g/mol. The molecule has 1 saturated heterocycles. The number of aryl methyl sites for hydroxylation is 1. The Bertz CT molecular complexity index is 687. The molecule has 22 heavy (non-hydrogen) atoms. The quantitative estimate of drug-likeness (QED) is 0.947. The number of rotatable bonds is 3. The zero-order valence-corrected chi connectivity index (χ0v) is 13.6. The molecule has 4 heteroatoms. The van der Waals surface area contributed by atoms with Crippen molar-refractivity contribution in [1.29, 1.82) is 0 Å². The third-order valence-electron chi connectivity index (χ3n) is 4.39. The Morgan fingerprint density at radius 1 is 1.41 bits per heavy atom. The van der Waals surface area contributed by atoms with E-state index < -0.39 is 0 Å². The number of carbonyl (C=O) groups is 1. The lowest BCUT2D eigenvalue weighted by Gasteiger charge is -2.35. The van der Waals surface area contributed by atoms with Crippen LogP contribution in [0.1, 0.15) is 32.3 Å². The van der Waals surface area contributed by atoms with Crippen LogP contribution >= 0.6 is 0 Å². The lowest BCUT2D eigenvalue weighted by atomic mass is 9.94. The van der Waals surface area contributed by atoms with Gasteiger partial charge in [-0.05, 0) is 38.3 Å². The predicted octanol–water partition coefficient (Wildman–Crippen LogP) is 2.79. The second-order valence-electron chi connectivity index (χ2n) is 6.82. The maximum absolute atomic E-state index is 12.4. The van der Waals surface area contributed by atoms with Crippen LogP contribution in [0.3, 0.4) is 0 Å². The van der Waals surface area contributed by atoms with Crippen molar-refractivity contribution in [2.45, 2.75) is 44.8 Å². The van der Waals surface area contributed by atoms with Gasteiger partial charge in [0, 0.05) is 36.8 Å². The number of nitrogens with zero attached hydrogens (tertiary/aromatic N) is 1. The molecule has 2 heterocycles. The van der Waals surface area contributed by atoms with Crippen molar-refractivity contribution >= 4 is 16.8 Å². The van der Waals surface area contributed by atoms with E-state index in [-0.39, 0.29) is 17.6 Å². The molecule has 4 nitrogen and oxygen atoms in total. The Hall–Kier alpha value is -1.81. The number of nitrogens with one attached hydrogen (secondary N) is 1. The molecule has 0 spiro atoms. The average Bonchev–Trinajstić information content (AvgIpc) is 2.75. The highest BCUT2D eigenvalue weighted by Gasteiger charge is 2.29. The minimum Gasteiger partial charge on any atom is -0.375 e. The van der Waals surface area contributed by atoms with Gasteiger partial charge in [-0.2, -0.15) is 0 Å². The van der Waals surface area contributed by atoms with Gasteiger partial charge < -0.3 is 14.6 Å². The largest absolute Gasteiger partial charge is 0.375 e. The number of ether oxygens (including phenoxy) is 1. The van der Waals surface area contributed by atoms with Gasteiger partial charge in [0.25, 0.3) is 0 Å². The molecule has 0 bridgehead atoms. The Balaban J connectivity index is 1.68. The first kappa shape index (κ1) is 15.1. The summed E-state index contributed by atoms with van der Waals surface area (Å²) in [5, 5.41) is 4.33. The van der Waals surface area contributed by atoms with Crippen LogP contribution in [0, 0.1) is 0 Å². The Kier molecular flexibility index (Phi) is 3.96. The maximum Gasteiger partial charge on any atom is 0.224 e. The van der Waals surface area contributed by atoms with Crippen LogP contribution in [0.4, 0.5) is 0 Å². The summed E-state index contributed by atoms with van der Waals surface area (Å²) in [4.78, 5) is 12.4. The number of hydrogen-bond acceptors (Lipinski definition) is 2. The lowest BCUT2D eigenvalue weighted by Crippen LogP contribution is -2.46. The number of carbonyl (C=O) groups excluding carboxylic acids is 1. The fourth-order valence-corrected chi connectivity index (χ4v) is 3.37. The topological polar surface area (TPSA) is 43.3 Å². The summed E-state index contributed by atoms with van der Waals surface area (Å²) in [6.07, 6.45) is 4.25. The minimum absolute atomic E-state index is 0.0963. The molecular formula is C18H24N2O2. The number of amides is 1. The molecule has 0 aliphatic carbocycles. The van der Waals surface area contributed by atoms with E-state index in [9.17, 15) is 4.79 Å². The van der Waals surface area contributed by atoms with Crippen molar-refractivity contribution in [3.63, 3.8) is 0 Å². The summed E-state index contributed by atoms with van der Waals surface area (Å²) in [5.74, 6) is 0.0963. The molecule has 118 valence electrons. The molecule has 1 atom stereocenters. The molecule has 1 N–H and O–H groups in total. The van der Waals surface area contributed by atoms with E-state index in [0.717, 1.165) is 29.3 Å². The van der Waals surface area contributed by atoms with Crippen LogP contribution in [0.15, 0.2) is 30.5 Å². The molecule has 0 unspecified atom stereocenters. The van der Waals surface area contributed by atoms with Crippen LogP contribution in [-0.2, 0) is 23.0 Å². The fraction of sp³-hybridized carbons (Fsp3) is 0.500. The molecule has 0 radical (unpaired) electrons. The Morgan fingerprint density at radius 3 is 2.95 bits per heavy atom. The van der Waals surface area contributed by atoms with Crippen molar-refractivity contribution < 1.29 is 9.53 Å². The van der Waals surface area contributed by atoms with E-state index in [1.807, 2.05) is 19.2 Å². The highest BCUT2D eigenvalue weighted by atomic mass is 16.5. The summed E-state index contributed by atoms with van der Waals surface area (Å²) < 4.78 is 7.78. The lowest BCUT2D eigenvalue weighted by molar-refractivity contribution is -0.123. The van der Waals surface area contributed by atoms with E-state index in [4.69, 9.17) is 4.74 Å². The minimum atomic E-state index is -0.143. The first-order valence-corrected chi connectivity index (χ1v) is 7.91. The zero-order chi connectivity index (χ0) is 15.7. The van der Waals surface area contributed by atoms with Crippen molar-refractivity contribution in [2.75, 3.05) is 6.61 Å². The van der Waals surface area contributed by atoms with Crippen molar-refractivity contribution in [3.8, 4) is 0 Å². The number of hydrogen-bond donors (Lipinski definition) is 1. The average molecular weight is 300 g/mol. The third kappa shape index (κ3) is 3.17. The second kappa shape index (κ2) is 5.76. The molecule has 1 aromatic carbocycles. The summed E-state index contributed by atoms with van der Waals surface area (Å²) in [6, 6.07) is 8.42. The van der Waals surface area contributed by atoms with E-state index >= 15 is 0 Å². The van der Waals surface area contributed by atoms with Crippen LogP contribution in [0.5, 0.6) is 0 Å². The molecule has 1 aromatic heterocycles. The molecule has 1 amide bonds. The first-order chi connectivity index (χ1) is 10.4. The maximum atomic E-state index is 12.4. The van der Waals surface area contributed by atoms with Crippen LogP contribution in [-0.4, -0.2) is 28.7 Å². The smallest absolute Gasteiger partial charge is 0.224 e. The van der Waals surface area contributed by atoms with E-state index in [2.05, 4.69) is 42.1 Å². The van der Waals surface area contributed by atoms with Gasteiger partial charge in [-0.25, -0.2) is 0 Å². The molecule has 0 saturated carbocycles. The van der Waals surface area contributed by atoms with E-state index in [1.165, 1.54) is 0 Å². The summed E-state index contributed by atoms with van der Waals surface area (Å²) in [7, 11) is 2.02. The van der Waals surface area contributed by atoms with Crippen LogP contribution < -0.4 is 5.32 Å². The summed E-state index contributed by atoms with van der Waals surface area (Å²) in [5.41, 5.74) is 2.11. The number of aromatic nitrogens is 1. The predicted molar refractivity (Wildman–Crippen MR) is 87.8 cm³/mol. The van der Waals surface area contributed by atoms with Gasteiger partial charge in [0.1, 0.15) is 0 Å². The SMILES string of the molecule is Cn1cc(CC(=O)N[C@H]2CCOC(C)(C)C2)c2ccccc21. The zero-order valence-electron chi connectivity index (χ0n) is 13.6. The van der Waals surface area contributed by atoms with Crippen LogP contribution in [0.2, 0.25) is 0 Å². The van der Waals surface area contributed by atoms with Gasteiger partial charge in [-0.3, -0.25) is 4.79 Å². The standard InChI is InChI=1S/C18H24N2O2/c1-18(2)11-14(8-9-22-18)19-17(21)10-13-12-20(3)16-7-5-4-6-15(13)16/h4-7,12,14H,8-11H2,1-3H3,(H,19,21)/t14-/m0/s1. The van der Waals surface area contributed by atoms with Crippen molar-refractivity contribution in [1.82, 2.24) is 9.88 Å². The molecule has 2 aromatic rings. The van der Waals surface area contributed by atoms with Crippen LogP contribution in [0.25, 0.3) is 10.9 Å². The van der Waals surface area contributed by atoms with E-state index in [1.54, 1.807) is 0 Å². The molecule has 1 aliphatic rings. The molecule has 1 aliphatic heterocycles. The normalized spacial score (nSPS) is 21.0. The van der Waals surface area contributed by atoms with Gasteiger partial charge in [0.15, 0.2) is 0 Å². The molecular weight excluding hydrogens is 276 g/mol. The highest BCUT2D eigenvalue weighted by molar-refractivity contribution is 5.89. The summed E-state index contributed by atoms with van der Waals surface area (Å²) in [6.45, 7) is 4.87. The van der Waals surface area contributed by atoms with Gasteiger partial charge in [0.05, 0.1) is 12.0 Å².